The lowest BCUT2D eigenvalue weighted by Crippen LogP contribution is -2.49. The van der Waals surface area contributed by atoms with Gasteiger partial charge in [0.2, 0.25) is 5.91 Å². The van der Waals surface area contributed by atoms with Crippen molar-refractivity contribution >= 4 is 5.91 Å². The molecule has 0 aromatic carbocycles. The molecule has 1 N–H and O–H groups in total. The number of hydrogen-bond donors (Lipinski definition) is 1. The van der Waals surface area contributed by atoms with Gasteiger partial charge in [-0.25, -0.2) is 0 Å². The third-order valence-corrected chi connectivity index (χ3v) is 2.30. The van der Waals surface area contributed by atoms with Crippen molar-refractivity contribution < 1.29 is 14.3 Å². The molecule has 1 aliphatic heterocycles. The van der Waals surface area contributed by atoms with Gasteiger partial charge < -0.3 is 19.7 Å². The first kappa shape index (κ1) is 11.4. The maximum atomic E-state index is 11.4. The third-order valence-electron chi connectivity index (χ3n) is 2.30. The van der Waals surface area contributed by atoms with Crippen LogP contribution in [-0.4, -0.2) is 63.9 Å². The zero-order chi connectivity index (χ0) is 10.4. The number of carbonyl (C=O) groups is 1. The van der Waals surface area contributed by atoms with Gasteiger partial charge in [-0.2, -0.15) is 0 Å². The summed E-state index contributed by atoms with van der Waals surface area (Å²) in [6.07, 6.45) is 0. The number of likely N-dealkylation sites (N-methyl/N-ethyl adjacent to an activating group) is 1. The average Bonchev–Trinajstić information content (AvgIpc) is 2.20. The molecule has 0 aromatic heterocycles. The van der Waals surface area contributed by atoms with Crippen molar-refractivity contribution in [1.82, 2.24) is 10.2 Å². The first-order valence-electron chi connectivity index (χ1n) is 4.79. The van der Waals surface area contributed by atoms with Gasteiger partial charge in [0.05, 0.1) is 13.2 Å². The minimum atomic E-state index is 0.0626. The molecule has 0 bridgehead atoms. The fourth-order valence-corrected chi connectivity index (χ4v) is 1.44. The summed E-state index contributed by atoms with van der Waals surface area (Å²) in [5.74, 6) is 0.0626. The van der Waals surface area contributed by atoms with Crippen LogP contribution in [0.5, 0.6) is 0 Å². The van der Waals surface area contributed by atoms with Crippen LogP contribution in [0.1, 0.15) is 0 Å². The van der Waals surface area contributed by atoms with E-state index >= 15 is 0 Å². The number of hydrogen-bond acceptors (Lipinski definition) is 4. The van der Waals surface area contributed by atoms with Gasteiger partial charge in [-0.15, -0.1) is 0 Å². The first-order valence-corrected chi connectivity index (χ1v) is 4.79. The van der Waals surface area contributed by atoms with Crippen LogP contribution in [0.3, 0.4) is 0 Å². The Hall–Kier alpha value is -0.650. The Balaban J connectivity index is 2.35. The second-order valence-corrected chi connectivity index (χ2v) is 3.33. The molecule has 1 amide bonds. The van der Waals surface area contributed by atoms with Crippen molar-refractivity contribution in [2.24, 2.45) is 0 Å². The predicted molar refractivity (Wildman–Crippen MR) is 52.1 cm³/mol. The highest BCUT2D eigenvalue weighted by Crippen LogP contribution is 2.00. The smallest absolute Gasteiger partial charge is 0.248 e. The lowest BCUT2D eigenvalue weighted by Gasteiger charge is -2.30. The quantitative estimate of drug-likeness (QED) is 0.626. The highest BCUT2D eigenvalue weighted by atomic mass is 16.5. The number of methoxy groups -OCH3 is 1. The normalized spacial score (nSPS) is 19.9. The highest BCUT2D eigenvalue weighted by Gasteiger charge is 2.21. The van der Waals surface area contributed by atoms with Crippen molar-refractivity contribution in [2.45, 2.75) is 6.04 Å². The Kier molecular flexibility index (Phi) is 4.86. The molecule has 82 valence electrons. The molecule has 5 nitrogen and oxygen atoms in total. The zero-order valence-corrected chi connectivity index (χ0v) is 8.78. The van der Waals surface area contributed by atoms with Gasteiger partial charge in [-0.05, 0) is 7.05 Å². The van der Waals surface area contributed by atoms with Gasteiger partial charge >= 0.3 is 0 Å². The van der Waals surface area contributed by atoms with E-state index in [1.807, 2.05) is 11.9 Å². The SMILES string of the molecule is CNC(COC)CN1CCOCC1=O. The molecule has 0 saturated carbocycles. The van der Waals surface area contributed by atoms with Crippen LogP contribution in [0.2, 0.25) is 0 Å². The van der Waals surface area contributed by atoms with E-state index in [1.165, 1.54) is 0 Å². The Labute approximate surface area is 84.4 Å². The second-order valence-electron chi connectivity index (χ2n) is 3.33. The van der Waals surface area contributed by atoms with Crippen LogP contribution in [0.15, 0.2) is 0 Å². The summed E-state index contributed by atoms with van der Waals surface area (Å²) in [4.78, 5) is 13.2. The van der Waals surface area contributed by atoms with Crippen LogP contribution in [-0.2, 0) is 14.3 Å². The number of nitrogens with zero attached hydrogens (tertiary/aromatic N) is 1. The molecule has 5 heteroatoms. The van der Waals surface area contributed by atoms with E-state index < -0.39 is 0 Å². The van der Waals surface area contributed by atoms with Gasteiger partial charge in [-0.3, -0.25) is 4.79 Å². The Morgan fingerprint density at radius 1 is 1.71 bits per heavy atom. The molecule has 1 unspecified atom stereocenters. The molecule has 1 heterocycles. The fourth-order valence-electron chi connectivity index (χ4n) is 1.44. The molecule has 0 radical (unpaired) electrons. The molecule has 0 spiro atoms. The Morgan fingerprint density at radius 3 is 3.07 bits per heavy atom. The number of ether oxygens (including phenoxy) is 2. The summed E-state index contributed by atoms with van der Waals surface area (Å²) in [5, 5.41) is 3.11. The number of amides is 1. The molecule has 1 saturated heterocycles. The second kappa shape index (κ2) is 5.95. The van der Waals surface area contributed by atoms with E-state index in [0.29, 0.717) is 26.3 Å². The molecule has 0 aromatic rings. The molecule has 1 atom stereocenters. The number of carbonyl (C=O) groups excluding carboxylic acids is 1. The number of morpholine rings is 1. The zero-order valence-electron chi connectivity index (χ0n) is 8.78. The summed E-state index contributed by atoms with van der Waals surface area (Å²) >= 11 is 0. The van der Waals surface area contributed by atoms with Crippen LogP contribution >= 0.6 is 0 Å². The first-order chi connectivity index (χ1) is 6.77. The number of nitrogens with one attached hydrogen (secondary N) is 1. The van der Waals surface area contributed by atoms with Crippen molar-refractivity contribution in [2.75, 3.05) is 47.1 Å². The minimum absolute atomic E-state index is 0.0626. The van der Waals surface area contributed by atoms with E-state index in [1.54, 1.807) is 7.11 Å². The molecule has 0 aliphatic carbocycles. The van der Waals surface area contributed by atoms with Crippen LogP contribution in [0, 0.1) is 0 Å². The van der Waals surface area contributed by atoms with Gasteiger partial charge in [0.25, 0.3) is 0 Å². The molecule has 1 aliphatic rings. The van der Waals surface area contributed by atoms with Gasteiger partial charge in [-0.1, -0.05) is 0 Å². The van der Waals surface area contributed by atoms with E-state index in [2.05, 4.69) is 5.32 Å². The van der Waals surface area contributed by atoms with E-state index in [4.69, 9.17) is 9.47 Å². The van der Waals surface area contributed by atoms with Gasteiger partial charge in [0.15, 0.2) is 0 Å². The summed E-state index contributed by atoms with van der Waals surface area (Å²) in [6.45, 7) is 2.83. The third kappa shape index (κ3) is 3.25. The molecule has 1 fully saturated rings. The maximum Gasteiger partial charge on any atom is 0.248 e. The van der Waals surface area contributed by atoms with E-state index in [0.717, 1.165) is 0 Å². The Bertz CT molecular complexity index is 187. The lowest BCUT2D eigenvalue weighted by atomic mass is 10.2. The lowest BCUT2D eigenvalue weighted by molar-refractivity contribution is -0.143. The monoisotopic (exact) mass is 202 g/mol. The standard InChI is InChI=1S/C9H18N2O3/c1-10-8(6-13-2)5-11-3-4-14-7-9(11)12/h8,10H,3-7H2,1-2H3. The molecular weight excluding hydrogens is 184 g/mol. The molecule has 14 heavy (non-hydrogen) atoms. The topological polar surface area (TPSA) is 50.8 Å². The predicted octanol–water partition coefficient (Wildman–Crippen LogP) is -0.920. The minimum Gasteiger partial charge on any atom is -0.383 e. The van der Waals surface area contributed by atoms with E-state index in [9.17, 15) is 4.79 Å². The van der Waals surface area contributed by atoms with Crippen molar-refractivity contribution in [3.05, 3.63) is 0 Å². The summed E-state index contributed by atoms with van der Waals surface area (Å²) in [6, 6.07) is 0.196. The summed E-state index contributed by atoms with van der Waals surface area (Å²) < 4.78 is 10.1. The summed E-state index contributed by atoms with van der Waals surface area (Å²) in [5.41, 5.74) is 0. The highest BCUT2D eigenvalue weighted by molar-refractivity contribution is 5.78. The molecular formula is C9H18N2O3. The van der Waals surface area contributed by atoms with Gasteiger partial charge in [0.1, 0.15) is 6.61 Å². The molecule has 1 rings (SSSR count). The van der Waals surface area contributed by atoms with Crippen molar-refractivity contribution in [3.63, 3.8) is 0 Å². The van der Waals surface area contributed by atoms with Crippen LogP contribution in [0.25, 0.3) is 0 Å². The fraction of sp³-hybridized carbons (Fsp3) is 0.889. The van der Waals surface area contributed by atoms with E-state index in [-0.39, 0.29) is 18.6 Å². The number of rotatable bonds is 5. The van der Waals surface area contributed by atoms with Gasteiger partial charge in [0, 0.05) is 26.2 Å². The largest absolute Gasteiger partial charge is 0.383 e. The maximum absolute atomic E-state index is 11.4. The van der Waals surface area contributed by atoms with Crippen LogP contribution < -0.4 is 5.32 Å². The average molecular weight is 202 g/mol. The Morgan fingerprint density at radius 2 is 2.50 bits per heavy atom. The van der Waals surface area contributed by atoms with Crippen LogP contribution in [0.4, 0.5) is 0 Å². The van der Waals surface area contributed by atoms with Crippen molar-refractivity contribution in [1.29, 1.82) is 0 Å². The van der Waals surface area contributed by atoms with Crippen molar-refractivity contribution in [3.8, 4) is 0 Å². The summed E-state index contributed by atoms with van der Waals surface area (Å²) in [7, 11) is 3.53.